The van der Waals surface area contributed by atoms with Gasteiger partial charge in [-0.25, -0.2) is 0 Å². The number of nitrogens with one attached hydrogen (secondary N) is 1. The van der Waals surface area contributed by atoms with E-state index in [-0.39, 0.29) is 0 Å². The molecule has 3 aliphatic rings. The predicted octanol–water partition coefficient (Wildman–Crippen LogP) is 2.17. The van der Waals surface area contributed by atoms with Gasteiger partial charge in [-0.3, -0.25) is 4.79 Å². The van der Waals surface area contributed by atoms with Crippen molar-refractivity contribution in [2.75, 3.05) is 19.6 Å². The first-order valence-electron chi connectivity index (χ1n) is 7.87. The van der Waals surface area contributed by atoms with E-state index in [1.165, 1.54) is 38.5 Å². The standard InChI is InChI=1S/C15H26N2O/c18-15(12-6-3-1-2-4-7-12)17-10-13-8-5-9-16-14(13)11-17/h12-14,16H,1-11H2/t13-,14+/m0/s1. The second-order valence-corrected chi connectivity index (χ2v) is 6.39. The maximum atomic E-state index is 12.6. The van der Waals surface area contributed by atoms with Crippen LogP contribution in [0.3, 0.4) is 0 Å². The number of likely N-dealkylation sites (tertiary alicyclic amines) is 1. The smallest absolute Gasteiger partial charge is 0.225 e. The Bertz CT molecular complexity index is 283. The summed E-state index contributed by atoms with van der Waals surface area (Å²) >= 11 is 0. The number of nitrogens with zero attached hydrogens (tertiary/aromatic N) is 1. The molecule has 1 amide bonds. The number of hydrogen-bond donors (Lipinski definition) is 1. The van der Waals surface area contributed by atoms with Crippen LogP contribution in [0.1, 0.15) is 51.4 Å². The molecule has 0 unspecified atom stereocenters. The Hall–Kier alpha value is -0.570. The molecule has 18 heavy (non-hydrogen) atoms. The molecular formula is C15H26N2O. The summed E-state index contributed by atoms with van der Waals surface area (Å²) in [6.07, 6.45) is 10.0. The Morgan fingerprint density at radius 1 is 0.944 bits per heavy atom. The number of hydrogen-bond acceptors (Lipinski definition) is 2. The van der Waals surface area contributed by atoms with E-state index in [0.717, 1.165) is 38.4 Å². The molecule has 3 nitrogen and oxygen atoms in total. The monoisotopic (exact) mass is 250 g/mol. The fourth-order valence-electron chi connectivity index (χ4n) is 4.01. The fraction of sp³-hybridized carbons (Fsp3) is 0.933. The number of carbonyl (C=O) groups is 1. The van der Waals surface area contributed by atoms with Crippen molar-refractivity contribution >= 4 is 5.91 Å². The van der Waals surface area contributed by atoms with E-state index in [1.807, 2.05) is 0 Å². The summed E-state index contributed by atoms with van der Waals surface area (Å²) in [7, 11) is 0. The second-order valence-electron chi connectivity index (χ2n) is 6.39. The lowest BCUT2D eigenvalue weighted by Crippen LogP contribution is -2.41. The first-order valence-corrected chi connectivity index (χ1v) is 7.87. The first-order chi connectivity index (χ1) is 8.84. The van der Waals surface area contributed by atoms with Gasteiger partial charge in [-0.15, -0.1) is 0 Å². The summed E-state index contributed by atoms with van der Waals surface area (Å²) in [5.41, 5.74) is 0. The zero-order valence-electron chi connectivity index (χ0n) is 11.4. The van der Waals surface area contributed by atoms with E-state index in [1.54, 1.807) is 0 Å². The highest BCUT2D eigenvalue weighted by atomic mass is 16.2. The van der Waals surface area contributed by atoms with E-state index in [4.69, 9.17) is 0 Å². The van der Waals surface area contributed by atoms with Gasteiger partial charge in [-0.1, -0.05) is 25.7 Å². The summed E-state index contributed by atoms with van der Waals surface area (Å²) in [5, 5.41) is 3.59. The van der Waals surface area contributed by atoms with E-state index >= 15 is 0 Å². The van der Waals surface area contributed by atoms with Crippen LogP contribution in [0.4, 0.5) is 0 Å². The highest BCUT2D eigenvalue weighted by molar-refractivity contribution is 5.79. The highest BCUT2D eigenvalue weighted by Gasteiger charge is 2.38. The van der Waals surface area contributed by atoms with Crippen molar-refractivity contribution in [3.05, 3.63) is 0 Å². The molecule has 0 bridgehead atoms. The molecule has 3 heteroatoms. The zero-order valence-corrected chi connectivity index (χ0v) is 11.4. The molecule has 1 saturated carbocycles. The molecule has 0 radical (unpaired) electrons. The van der Waals surface area contributed by atoms with Crippen LogP contribution in [0, 0.1) is 11.8 Å². The minimum atomic E-state index is 0.340. The first kappa shape index (κ1) is 12.5. The van der Waals surface area contributed by atoms with E-state index in [0.29, 0.717) is 17.9 Å². The summed E-state index contributed by atoms with van der Waals surface area (Å²) in [6.45, 7) is 3.14. The predicted molar refractivity (Wildman–Crippen MR) is 72.3 cm³/mol. The van der Waals surface area contributed by atoms with Crippen molar-refractivity contribution in [2.45, 2.75) is 57.4 Å². The molecule has 2 atom stereocenters. The lowest BCUT2D eigenvalue weighted by molar-refractivity contribution is -0.135. The summed E-state index contributed by atoms with van der Waals surface area (Å²) < 4.78 is 0. The quantitative estimate of drug-likeness (QED) is 0.723. The van der Waals surface area contributed by atoms with Crippen LogP contribution in [0.2, 0.25) is 0 Å². The van der Waals surface area contributed by atoms with Gasteiger partial charge < -0.3 is 10.2 Å². The molecule has 3 rings (SSSR count). The van der Waals surface area contributed by atoms with Crippen LogP contribution in [-0.2, 0) is 4.79 Å². The fourth-order valence-corrected chi connectivity index (χ4v) is 4.01. The van der Waals surface area contributed by atoms with Crippen molar-refractivity contribution < 1.29 is 4.79 Å². The number of amides is 1. The number of fused-ring (bicyclic) bond motifs is 1. The second kappa shape index (κ2) is 5.60. The Labute approximate surface area is 110 Å². The third-order valence-electron chi connectivity index (χ3n) is 5.12. The average molecular weight is 250 g/mol. The minimum Gasteiger partial charge on any atom is -0.341 e. The van der Waals surface area contributed by atoms with Gasteiger partial charge in [-0.05, 0) is 38.1 Å². The van der Waals surface area contributed by atoms with Crippen molar-refractivity contribution in [1.29, 1.82) is 0 Å². The Balaban J connectivity index is 1.59. The van der Waals surface area contributed by atoms with Crippen LogP contribution in [0.15, 0.2) is 0 Å². The molecule has 0 aromatic rings. The van der Waals surface area contributed by atoms with E-state index in [9.17, 15) is 4.79 Å². The van der Waals surface area contributed by atoms with Gasteiger partial charge in [0.25, 0.3) is 0 Å². The van der Waals surface area contributed by atoms with E-state index in [2.05, 4.69) is 10.2 Å². The molecule has 3 fully saturated rings. The third-order valence-corrected chi connectivity index (χ3v) is 5.12. The number of carbonyl (C=O) groups excluding carboxylic acids is 1. The maximum Gasteiger partial charge on any atom is 0.225 e. The SMILES string of the molecule is O=C(C1CCCCCC1)N1C[C@@H]2CCCN[C@@H]2C1. The lowest BCUT2D eigenvalue weighted by atomic mass is 9.94. The van der Waals surface area contributed by atoms with Crippen LogP contribution >= 0.6 is 0 Å². The summed E-state index contributed by atoms with van der Waals surface area (Å²) in [4.78, 5) is 14.8. The molecule has 2 heterocycles. The lowest BCUT2D eigenvalue weighted by Gasteiger charge is -2.24. The van der Waals surface area contributed by atoms with Crippen LogP contribution in [0.25, 0.3) is 0 Å². The molecule has 1 aliphatic carbocycles. The molecule has 102 valence electrons. The molecule has 2 saturated heterocycles. The van der Waals surface area contributed by atoms with Crippen molar-refractivity contribution in [3.63, 3.8) is 0 Å². The topological polar surface area (TPSA) is 32.3 Å². The largest absolute Gasteiger partial charge is 0.341 e. The molecule has 0 aromatic heterocycles. The van der Waals surface area contributed by atoms with Gasteiger partial charge in [0.15, 0.2) is 0 Å². The molecule has 2 aliphatic heterocycles. The van der Waals surface area contributed by atoms with Crippen LogP contribution in [0.5, 0.6) is 0 Å². The van der Waals surface area contributed by atoms with Crippen molar-refractivity contribution in [2.24, 2.45) is 11.8 Å². The van der Waals surface area contributed by atoms with E-state index < -0.39 is 0 Å². The van der Waals surface area contributed by atoms with Gasteiger partial charge in [0.05, 0.1) is 0 Å². The summed E-state index contributed by atoms with van der Waals surface area (Å²) in [5.74, 6) is 1.54. The third kappa shape index (κ3) is 2.56. The molecule has 1 N–H and O–H groups in total. The molecular weight excluding hydrogens is 224 g/mol. The van der Waals surface area contributed by atoms with Crippen LogP contribution in [-0.4, -0.2) is 36.5 Å². The molecule has 0 aromatic carbocycles. The number of piperidine rings is 1. The highest BCUT2D eigenvalue weighted by Crippen LogP contribution is 2.29. The Kier molecular flexibility index (Phi) is 3.88. The van der Waals surface area contributed by atoms with Crippen molar-refractivity contribution in [3.8, 4) is 0 Å². The zero-order chi connectivity index (χ0) is 12.4. The Morgan fingerprint density at radius 3 is 2.44 bits per heavy atom. The van der Waals surface area contributed by atoms with Gasteiger partial charge in [0, 0.05) is 25.0 Å². The molecule has 0 spiro atoms. The van der Waals surface area contributed by atoms with Gasteiger partial charge in [0.1, 0.15) is 0 Å². The maximum absolute atomic E-state index is 12.6. The Morgan fingerprint density at radius 2 is 1.72 bits per heavy atom. The van der Waals surface area contributed by atoms with Crippen molar-refractivity contribution in [1.82, 2.24) is 10.2 Å². The summed E-state index contributed by atoms with van der Waals surface area (Å²) in [6, 6.07) is 0.591. The average Bonchev–Trinajstić information content (AvgIpc) is 2.64. The van der Waals surface area contributed by atoms with Crippen LogP contribution < -0.4 is 5.32 Å². The van der Waals surface area contributed by atoms with Gasteiger partial charge in [-0.2, -0.15) is 0 Å². The minimum absolute atomic E-state index is 0.340. The number of rotatable bonds is 1. The van der Waals surface area contributed by atoms with Gasteiger partial charge in [0.2, 0.25) is 5.91 Å². The normalized spacial score (nSPS) is 34.1. The van der Waals surface area contributed by atoms with Gasteiger partial charge >= 0.3 is 0 Å².